The molecule has 9 heteroatoms. The van der Waals surface area contributed by atoms with Gasteiger partial charge < -0.3 is 9.64 Å². The molecule has 0 N–H and O–H groups in total. The van der Waals surface area contributed by atoms with E-state index < -0.39 is 15.9 Å². The maximum atomic E-state index is 12.7. The zero-order chi connectivity index (χ0) is 20.3. The smallest absolute Gasteiger partial charge is 0.269 e. The summed E-state index contributed by atoms with van der Waals surface area (Å²) in [7, 11) is -1.48. The zero-order valence-electron chi connectivity index (χ0n) is 16.1. The highest BCUT2D eigenvalue weighted by Crippen LogP contribution is 2.22. The summed E-state index contributed by atoms with van der Waals surface area (Å²) in [4.78, 5) is 26.4. The maximum absolute atomic E-state index is 12.7. The fourth-order valence-electron chi connectivity index (χ4n) is 3.31. The summed E-state index contributed by atoms with van der Waals surface area (Å²) in [6.07, 6.45) is 0.782. The number of sulfone groups is 1. The van der Waals surface area contributed by atoms with Gasteiger partial charge in [-0.25, -0.2) is 13.4 Å². The molecule has 0 saturated carbocycles. The van der Waals surface area contributed by atoms with Gasteiger partial charge in [-0.15, -0.1) is 0 Å². The molecular weight excluding hydrogens is 382 g/mol. The van der Waals surface area contributed by atoms with Gasteiger partial charge in [0.15, 0.2) is 9.84 Å². The molecule has 3 rings (SSSR count). The van der Waals surface area contributed by atoms with Crippen molar-refractivity contribution in [3.05, 3.63) is 29.8 Å². The zero-order valence-corrected chi connectivity index (χ0v) is 16.9. The summed E-state index contributed by atoms with van der Waals surface area (Å²) < 4.78 is 29.1. The Labute approximate surface area is 165 Å². The van der Waals surface area contributed by atoms with E-state index in [-0.39, 0.29) is 41.9 Å². The Morgan fingerprint density at radius 1 is 1.32 bits per heavy atom. The van der Waals surface area contributed by atoms with E-state index in [9.17, 15) is 18.0 Å². The Kier molecular flexibility index (Phi) is 6.02. The molecule has 1 saturated heterocycles. The fraction of sp³-hybridized carbons (Fsp3) is 0.526. The van der Waals surface area contributed by atoms with E-state index in [4.69, 9.17) is 4.74 Å². The fourth-order valence-corrected chi connectivity index (χ4v) is 5.00. The van der Waals surface area contributed by atoms with Crippen molar-refractivity contribution in [1.82, 2.24) is 9.91 Å². The first-order chi connectivity index (χ1) is 13.3. The Morgan fingerprint density at radius 2 is 2.07 bits per heavy atom. The number of carbonyl (C=O) groups excluding carboxylic acids is 2. The van der Waals surface area contributed by atoms with E-state index in [1.54, 1.807) is 7.05 Å². The minimum Gasteiger partial charge on any atom is -0.491 e. The van der Waals surface area contributed by atoms with Crippen molar-refractivity contribution in [1.29, 1.82) is 0 Å². The quantitative estimate of drug-likeness (QED) is 0.701. The second-order valence-electron chi connectivity index (χ2n) is 7.18. The van der Waals surface area contributed by atoms with Crippen molar-refractivity contribution in [2.45, 2.75) is 32.2 Å². The third-order valence-electron chi connectivity index (χ3n) is 4.99. The Bertz CT molecular complexity index is 897. The van der Waals surface area contributed by atoms with Gasteiger partial charge in [-0.2, -0.15) is 5.10 Å². The number of para-hydroxylation sites is 1. The van der Waals surface area contributed by atoms with Gasteiger partial charge in [0.05, 0.1) is 24.1 Å². The SMILES string of the molecule is Cc1ccccc1OCCN(C)C(=O)C1=NN([C@@H]2CCS(=O)(=O)C2)C(=O)CC1. The molecule has 0 radical (unpaired) electrons. The molecule has 0 spiro atoms. The molecule has 1 aromatic rings. The summed E-state index contributed by atoms with van der Waals surface area (Å²) in [6.45, 7) is 2.66. The number of ether oxygens (including phenoxy) is 1. The highest BCUT2D eigenvalue weighted by atomic mass is 32.2. The Morgan fingerprint density at radius 3 is 2.75 bits per heavy atom. The van der Waals surface area contributed by atoms with Crippen molar-refractivity contribution in [2.24, 2.45) is 5.10 Å². The van der Waals surface area contributed by atoms with Gasteiger partial charge >= 0.3 is 0 Å². The number of likely N-dealkylation sites (N-methyl/N-ethyl adjacent to an activating group) is 1. The van der Waals surface area contributed by atoms with E-state index in [2.05, 4.69) is 5.10 Å². The van der Waals surface area contributed by atoms with Crippen LogP contribution in [0.25, 0.3) is 0 Å². The predicted molar refractivity (Wildman–Crippen MR) is 105 cm³/mol. The molecule has 0 aliphatic carbocycles. The number of nitrogens with zero attached hydrogens (tertiary/aromatic N) is 3. The highest BCUT2D eigenvalue weighted by molar-refractivity contribution is 7.91. The number of amides is 2. The van der Waals surface area contributed by atoms with Crippen LogP contribution in [0.2, 0.25) is 0 Å². The van der Waals surface area contributed by atoms with Crippen LogP contribution in [0, 0.1) is 6.92 Å². The van der Waals surface area contributed by atoms with Gasteiger partial charge in [-0.05, 0) is 25.0 Å². The van der Waals surface area contributed by atoms with Crippen molar-refractivity contribution in [3.8, 4) is 5.75 Å². The number of hydrogen-bond donors (Lipinski definition) is 0. The minimum absolute atomic E-state index is 0.0520. The molecule has 0 bridgehead atoms. The summed E-state index contributed by atoms with van der Waals surface area (Å²) in [6, 6.07) is 7.18. The third-order valence-corrected chi connectivity index (χ3v) is 6.74. The Balaban J connectivity index is 1.60. The lowest BCUT2D eigenvalue weighted by Crippen LogP contribution is -2.44. The third kappa shape index (κ3) is 4.70. The second-order valence-corrected chi connectivity index (χ2v) is 9.41. The molecular formula is C19H25N3O5S. The first kappa shape index (κ1) is 20.3. The molecule has 1 atom stereocenters. The van der Waals surface area contributed by atoms with Gasteiger partial charge in [0.2, 0.25) is 5.91 Å². The van der Waals surface area contributed by atoms with Crippen LogP contribution in [0.15, 0.2) is 29.4 Å². The lowest BCUT2D eigenvalue weighted by atomic mass is 10.1. The van der Waals surface area contributed by atoms with Crippen LogP contribution in [0.5, 0.6) is 5.75 Å². The molecule has 0 aromatic heterocycles. The summed E-state index contributed by atoms with van der Waals surface area (Å²) in [5.74, 6) is 0.230. The first-order valence-electron chi connectivity index (χ1n) is 9.31. The standard InChI is InChI=1S/C19H25N3O5S/c1-14-5-3-4-6-17(14)27-11-10-21(2)19(24)16-7-8-18(23)22(20-16)15-9-12-28(25,26)13-15/h3-6,15H,7-13H2,1-2H3/t15-/m1/s1. The van der Waals surface area contributed by atoms with Crippen molar-refractivity contribution < 1.29 is 22.7 Å². The highest BCUT2D eigenvalue weighted by Gasteiger charge is 2.37. The number of hydrogen-bond acceptors (Lipinski definition) is 6. The van der Waals surface area contributed by atoms with Crippen LogP contribution in [-0.4, -0.2) is 73.6 Å². The van der Waals surface area contributed by atoms with Crippen LogP contribution < -0.4 is 4.74 Å². The lowest BCUT2D eigenvalue weighted by Gasteiger charge is -2.28. The molecule has 0 unspecified atom stereocenters. The molecule has 1 aromatic carbocycles. The minimum atomic E-state index is -3.14. The number of carbonyl (C=O) groups is 2. The van der Waals surface area contributed by atoms with Crippen LogP contribution in [0.4, 0.5) is 0 Å². The first-order valence-corrected chi connectivity index (χ1v) is 11.1. The van der Waals surface area contributed by atoms with E-state index in [1.807, 2.05) is 31.2 Å². The molecule has 2 amide bonds. The number of rotatable bonds is 6. The van der Waals surface area contributed by atoms with Gasteiger partial charge in [0, 0.05) is 19.9 Å². The molecule has 152 valence electrons. The van der Waals surface area contributed by atoms with Gasteiger partial charge in [-0.1, -0.05) is 18.2 Å². The average Bonchev–Trinajstić information content (AvgIpc) is 3.02. The van der Waals surface area contributed by atoms with Gasteiger partial charge in [0.1, 0.15) is 18.1 Å². The van der Waals surface area contributed by atoms with Crippen molar-refractivity contribution in [2.75, 3.05) is 31.7 Å². The van der Waals surface area contributed by atoms with E-state index in [1.165, 1.54) is 9.91 Å². The largest absolute Gasteiger partial charge is 0.491 e. The number of benzene rings is 1. The Hall–Kier alpha value is -2.42. The van der Waals surface area contributed by atoms with Crippen LogP contribution in [0.3, 0.4) is 0 Å². The van der Waals surface area contributed by atoms with Gasteiger partial charge in [-0.3, -0.25) is 9.59 Å². The van der Waals surface area contributed by atoms with E-state index >= 15 is 0 Å². The number of hydrazone groups is 1. The second kappa shape index (κ2) is 8.30. The summed E-state index contributed by atoms with van der Waals surface area (Å²) >= 11 is 0. The normalized spacial score (nSPS) is 21.4. The molecule has 28 heavy (non-hydrogen) atoms. The lowest BCUT2D eigenvalue weighted by molar-refractivity contribution is -0.134. The van der Waals surface area contributed by atoms with E-state index in [0.29, 0.717) is 19.6 Å². The van der Waals surface area contributed by atoms with E-state index in [0.717, 1.165) is 11.3 Å². The van der Waals surface area contributed by atoms with Crippen LogP contribution in [-0.2, 0) is 19.4 Å². The van der Waals surface area contributed by atoms with Crippen LogP contribution >= 0.6 is 0 Å². The van der Waals surface area contributed by atoms with Crippen molar-refractivity contribution in [3.63, 3.8) is 0 Å². The van der Waals surface area contributed by atoms with Crippen LogP contribution in [0.1, 0.15) is 24.8 Å². The topological polar surface area (TPSA) is 96.3 Å². The molecule has 1 fully saturated rings. The molecule has 2 aliphatic rings. The number of aryl methyl sites for hydroxylation is 1. The van der Waals surface area contributed by atoms with Crippen molar-refractivity contribution >= 4 is 27.4 Å². The van der Waals surface area contributed by atoms with Gasteiger partial charge in [0.25, 0.3) is 5.91 Å². The predicted octanol–water partition coefficient (Wildman–Crippen LogP) is 0.998. The molecule has 2 heterocycles. The molecule has 8 nitrogen and oxygen atoms in total. The molecule has 2 aliphatic heterocycles. The summed E-state index contributed by atoms with van der Waals surface area (Å²) in [5, 5.41) is 5.42. The maximum Gasteiger partial charge on any atom is 0.269 e. The monoisotopic (exact) mass is 407 g/mol. The summed E-state index contributed by atoms with van der Waals surface area (Å²) in [5.41, 5.74) is 1.30. The average molecular weight is 407 g/mol.